The van der Waals surface area contributed by atoms with Gasteiger partial charge in [0.2, 0.25) is 5.91 Å². The van der Waals surface area contributed by atoms with Gasteiger partial charge in [-0.05, 0) is 51.3 Å². The van der Waals surface area contributed by atoms with Crippen LogP contribution in [0.25, 0.3) is 0 Å². The van der Waals surface area contributed by atoms with Gasteiger partial charge in [0, 0.05) is 25.6 Å². The summed E-state index contributed by atoms with van der Waals surface area (Å²) in [4.78, 5) is 19.7. The zero-order valence-electron chi connectivity index (χ0n) is 18.2. The predicted molar refractivity (Wildman–Crippen MR) is 115 cm³/mol. The minimum absolute atomic E-state index is 0.0387. The lowest BCUT2D eigenvalue weighted by molar-refractivity contribution is -0.125. The first kappa shape index (κ1) is 20.8. The molecule has 0 unspecified atom stereocenters. The number of rotatable bonds is 7. The molecule has 1 aliphatic heterocycles. The van der Waals surface area contributed by atoms with Gasteiger partial charge >= 0.3 is 0 Å². The van der Waals surface area contributed by atoms with Crippen molar-refractivity contribution in [1.82, 2.24) is 25.4 Å². The highest BCUT2D eigenvalue weighted by atomic mass is 16.5. The maximum Gasteiger partial charge on any atom is 0.223 e. The van der Waals surface area contributed by atoms with Crippen LogP contribution in [0.1, 0.15) is 62.7 Å². The molecule has 2 N–H and O–H groups in total. The lowest BCUT2D eigenvalue weighted by Gasteiger charge is -2.20. The molecule has 2 fully saturated rings. The maximum atomic E-state index is 12.8. The second-order valence-corrected chi connectivity index (χ2v) is 8.99. The van der Waals surface area contributed by atoms with E-state index < -0.39 is 0 Å². The van der Waals surface area contributed by atoms with Crippen molar-refractivity contribution in [3.8, 4) is 5.75 Å². The third-order valence-electron chi connectivity index (χ3n) is 6.10. The molecular weight excluding hydrogens is 378 g/mol. The summed E-state index contributed by atoms with van der Waals surface area (Å²) in [5, 5.41) is 10.7. The zero-order chi connectivity index (χ0) is 21.1. The summed E-state index contributed by atoms with van der Waals surface area (Å²) in [7, 11) is 0. The van der Waals surface area contributed by atoms with Gasteiger partial charge in [-0.15, -0.1) is 0 Å². The molecule has 162 valence electrons. The van der Waals surface area contributed by atoms with Gasteiger partial charge in [0.25, 0.3) is 0 Å². The Kier molecular flexibility index (Phi) is 6.37. The lowest BCUT2D eigenvalue weighted by atomic mass is 10.0. The molecule has 1 saturated carbocycles. The molecule has 2 atom stereocenters. The number of aryl methyl sites for hydroxylation is 1. The fraction of sp³-hybridized carbons (Fsp3) is 0.609. The molecule has 2 heterocycles. The van der Waals surface area contributed by atoms with Crippen LogP contribution in [0.5, 0.6) is 5.75 Å². The van der Waals surface area contributed by atoms with E-state index in [2.05, 4.69) is 37.5 Å². The van der Waals surface area contributed by atoms with E-state index in [0.717, 1.165) is 62.7 Å². The number of nitrogens with one attached hydrogen (secondary N) is 2. The molecule has 2 aliphatic rings. The van der Waals surface area contributed by atoms with Gasteiger partial charge in [-0.1, -0.05) is 25.0 Å². The molecule has 1 aliphatic carbocycles. The number of aromatic amines is 1. The van der Waals surface area contributed by atoms with Crippen LogP contribution in [0.4, 0.5) is 0 Å². The van der Waals surface area contributed by atoms with Crippen LogP contribution in [0.2, 0.25) is 0 Å². The number of likely N-dealkylation sites (tertiary alicyclic amines) is 1. The van der Waals surface area contributed by atoms with Crippen LogP contribution in [0.15, 0.2) is 24.3 Å². The summed E-state index contributed by atoms with van der Waals surface area (Å²) in [6.07, 6.45) is 4.52. The summed E-state index contributed by atoms with van der Waals surface area (Å²) in [5.41, 5.74) is 1.23. The fourth-order valence-electron chi connectivity index (χ4n) is 4.64. The molecule has 0 radical (unpaired) electrons. The van der Waals surface area contributed by atoms with E-state index in [1.165, 1.54) is 5.56 Å². The highest BCUT2D eigenvalue weighted by Crippen LogP contribution is 2.29. The molecule has 30 heavy (non-hydrogen) atoms. The van der Waals surface area contributed by atoms with Crippen LogP contribution in [0.3, 0.4) is 0 Å². The number of carbonyl (C=O) groups is 1. The van der Waals surface area contributed by atoms with E-state index in [9.17, 15) is 4.79 Å². The van der Waals surface area contributed by atoms with Gasteiger partial charge in [0.1, 0.15) is 11.6 Å². The van der Waals surface area contributed by atoms with Gasteiger partial charge in [0.05, 0.1) is 18.1 Å². The van der Waals surface area contributed by atoms with Crippen molar-refractivity contribution in [3.05, 3.63) is 41.5 Å². The first-order valence-electron chi connectivity index (χ1n) is 11.1. The summed E-state index contributed by atoms with van der Waals surface area (Å²) < 4.78 is 5.74. The van der Waals surface area contributed by atoms with Gasteiger partial charge in [-0.2, -0.15) is 5.10 Å². The molecule has 7 heteroatoms. The Morgan fingerprint density at radius 3 is 2.60 bits per heavy atom. The topological polar surface area (TPSA) is 83.1 Å². The summed E-state index contributed by atoms with van der Waals surface area (Å²) in [6.45, 7) is 8.44. The number of hydrogen-bond acceptors (Lipinski definition) is 5. The van der Waals surface area contributed by atoms with E-state index in [1.807, 2.05) is 32.9 Å². The van der Waals surface area contributed by atoms with Crippen LogP contribution in [-0.2, 0) is 11.3 Å². The molecule has 1 saturated heterocycles. The standard InChI is InChI=1S/C23H33N5O2/c1-15(2)30-19-10-8-17(9-11-19)12-28-13-20(22-24-16(3)26-27-22)21(14-28)25-23(29)18-6-4-5-7-18/h8-11,15,18,20-21H,4-7,12-14H2,1-3H3,(H,25,29)(H,24,26,27)/t20-,21-/m1/s1. The van der Waals surface area contributed by atoms with Crippen molar-refractivity contribution in [1.29, 1.82) is 0 Å². The fourth-order valence-corrected chi connectivity index (χ4v) is 4.64. The number of H-pyrrole nitrogens is 1. The first-order valence-corrected chi connectivity index (χ1v) is 11.1. The quantitative estimate of drug-likeness (QED) is 0.731. The monoisotopic (exact) mass is 411 g/mol. The van der Waals surface area contributed by atoms with Crippen molar-refractivity contribution < 1.29 is 9.53 Å². The van der Waals surface area contributed by atoms with Crippen LogP contribution in [-0.4, -0.2) is 51.2 Å². The maximum absolute atomic E-state index is 12.8. The highest BCUT2D eigenvalue weighted by Gasteiger charge is 2.38. The van der Waals surface area contributed by atoms with E-state index >= 15 is 0 Å². The molecule has 1 aromatic heterocycles. The van der Waals surface area contributed by atoms with Gasteiger partial charge in [-0.25, -0.2) is 4.98 Å². The Labute approximate surface area is 178 Å². The van der Waals surface area contributed by atoms with Crippen molar-refractivity contribution in [2.75, 3.05) is 13.1 Å². The van der Waals surface area contributed by atoms with Crippen LogP contribution >= 0.6 is 0 Å². The number of benzene rings is 1. The Hall–Kier alpha value is -2.41. The number of nitrogens with zero attached hydrogens (tertiary/aromatic N) is 3. The number of hydrogen-bond donors (Lipinski definition) is 2. The second kappa shape index (κ2) is 9.16. The number of ether oxygens (including phenoxy) is 1. The molecule has 1 amide bonds. The normalized spacial score (nSPS) is 22.7. The lowest BCUT2D eigenvalue weighted by Crippen LogP contribution is -2.42. The van der Waals surface area contributed by atoms with Crippen LogP contribution < -0.4 is 10.1 Å². The van der Waals surface area contributed by atoms with Crippen molar-refractivity contribution in [2.45, 2.75) is 71.1 Å². The smallest absolute Gasteiger partial charge is 0.223 e. The van der Waals surface area contributed by atoms with E-state index in [0.29, 0.717) is 0 Å². The largest absolute Gasteiger partial charge is 0.491 e. The minimum atomic E-state index is 0.0387. The second-order valence-electron chi connectivity index (χ2n) is 8.99. The molecule has 1 aromatic carbocycles. The Bertz CT molecular complexity index is 842. The van der Waals surface area contributed by atoms with E-state index in [4.69, 9.17) is 4.74 Å². The summed E-state index contributed by atoms with van der Waals surface area (Å²) >= 11 is 0. The van der Waals surface area contributed by atoms with Gasteiger partial charge in [0.15, 0.2) is 5.82 Å². The Morgan fingerprint density at radius 1 is 1.23 bits per heavy atom. The summed E-state index contributed by atoms with van der Waals surface area (Å²) in [6, 6.07) is 8.33. The Balaban J connectivity index is 1.43. The predicted octanol–water partition coefficient (Wildman–Crippen LogP) is 3.17. The minimum Gasteiger partial charge on any atom is -0.491 e. The molecule has 2 aromatic rings. The number of carbonyl (C=O) groups excluding carboxylic acids is 1. The van der Waals surface area contributed by atoms with Crippen molar-refractivity contribution in [3.63, 3.8) is 0 Å². The SMILES string of the molecule is Cc1nc([C@@H]2CN(Cc3ccc(OC(C)C)cc3)C[C@H]2NC(=O)C2CCCC2)n[nH]1. The number of aromatic nitrogens is 3. The zero-order valence-corrected chi connectivity index (χ0v) is 18.2. The molecular formula is C23H33N5O2. The van der Waals surface area contributed by atoms with Crippen molar-refractivity contribution in [2.24, 2.45) is 5.92 Å². The van der Waals surface area contributed by atoms with E-state index in [-0.39, 0.29) is 29.9 Å². The Morgan fingerprint density at radius 2 is 1.97 bits per heavy atom. The number of amides is 1. The molecule has 0 spiro atoms. The highest BCUT2D eigenvalue weighted by molar-refractivity contribution is 5.79. The molecule has 7 nitrogen and oxygen atoms in total. The third kappa shape index (κ3) is 5.01. The average Bonchev–Trinajstić information content (AvgIpc) is 3.44. The van der Waals surface area contributed by atoms with Gasteiger partial charge < -0.3 is 10.1 Å². The van der Waals surface area contributed by atoms with Crippen LogP contribution in [0, 0.1) is 12.8 Å². The average molecular weight is 412 g/mol. The first-order chi connectivity index (χ1) is 14.5. The van der Waals surface area contributed by atoms with Gasteiger partial charge in [-0.3, -0.25) is 14.8 Å². The summed E-state index contributed by atoms with van der Waals surface area (Å²) in [5.74, 6) is 2.97. The van der Waals surface area contributed by atoms with E-state index in [1.54, 1.807) is 0 Å². The molecule has 4 rings (SSSR count). The van der Waals surface area contributed by atoms with Crippen molar-refractivity contribution >= 4 is 5.91 Å². The third-order valence-corrected chi connectivity index (χ3v) is 6.10. The molecule has 0 bridgehead atoms.